The SMILES string of the molecule is [CH2]CC1CCN1C(=O)OC(C)(C)C. The number of likely N-dealkylation sites (tertiary alicyclic amines) is 1. The fraction of sp³-hybridized carbons (Fsp3) is 0.800. The molecule has 0 N–H and O–H groups in total. The van der Waals surface area contributed by atoms with E-state index in [-0.39, 0.29) is 6.09 Å². The molecule has 75 valence electrons. The van der Waals surface area contributed by atoms with E-state index in [9.17, 15) is 4.79 Å². The van der Waals surface area contributed by atoms with Crippen molar-refractivity contribution in [2.75, 3.05) is 6.54 Å². The Bertz CT molecular complexity index is 194. The number of amides is 1. The van der Waals surface area contributed by atoms with E-state index in [1.165, 1.54) is 0 Å². The summed E-state index contributed by atoms with van der Waals surface area (Å²) in [4.78, 5) is 13.2. The van der Waals surface area contributed by atoms with Crippen molar-refractivity contribution in [1.29, 1.82) is 0 Å². The molecule has 1 atom stereocenters. The molecule has 1 rings (SSSR count). The minimum Gasteiger partial charge on any atom is -0.444 e. The molecule has 1 radical (unpaired) electrons. The van der Waals surface area contributed by atoms with Gasteiger partial charge in [-0.05, 0) is 33.6 Å². The van der Waals surface area contributed by atoms with Crippen LogP contribution in [0.4, 0.5) is 4.79 Å². The first-order chi connectivity index (χ1) is 5.94. The summed E-state index contributed by atoms with van der Waals surface area (Å²) < 4.78 is 5.23. The minimum absolute atomic E-state index is 0.201. The van der Waals surface area contributed by atoms with Gasteiger partial charge in [-0.3, -0.25) is 0 Å². The van der Waals surface area contributed by atoms with Crippen LogP contribution in [0.1, 0.15) is 33.6 Å². The van der Waals surface area contributed by atoms with Crippen LogP contribution in [-0.2, 0) is 4.74 Å². The Morgan fingerprint density at radius 1 is 1.62 bits per heavy atom. The molecule has 1 aliphatic rings. The predicted molar refractivity (Wildman–Crippen MR) is 51.3 cm³/mol. The van der Waals surface area contributed by atoms with Crippen molar-refractivity contribution in [3.63, 3.8) is 0 Å². The van der Waals surface area contributed by atoms with E-state index in [4.69, 9.17) is 4.74 Å². The Morgan fingerprint density at radius 3 is 2.54 bits per heavy atom. The van der Waals surface area contributed by atoms with Crippen LogP contribution in [0.25, 0.3) is 0 Å². The van der Waals surface area contributed by atoms with E-state index in [1.807, 2.05) is 20.8 Å². The number of ether oxygens (including phenoxy) is 1. The maximum absolute atomic E-state index is 11.5. The number of hydrogen-bond donors (Lipinski definition) is 0. The van der Waals surface area contributed by atoms with Crippen molar-refractivity contribution in [1.82, 2.24) is 4.90 Å². The van der Waals surface area contributed by atoms with Gasteiger partial charge in [0, 0.05) is 12.6 Å². The van der Waals surface area contributed by atoms with Gasteiger partial charge in [-0.15, -0.1) is 0 Å². The van der Waals surface area contributed by atoms with Gasteiger partial charge in [-0.1, -0.05) is 6.92 Å². The molecule has 0 saturated carbocycles. The quantitative estimate of drug-likeness (QED) is 0.625. The summed E-state index contributed by atoms with van der Waals surface area (Å²) in [6.07, 6.45) is 1.63. The average molecular weight is 184 g/mol. The van der Waals surface area contributed by atoms with Gasteiger partial charge in [0.05, 0.1) is 0 Å². The van der Waals surface area contributed by atoms with Crippen molar-refractivity contribution < 1.29 is 9.53 Å². The summed E-state index contributed by atoms with van der Waals surface area (Å²) in [6.45, 7) is 10.2. The maximum Gasteiger partial charge on any atom is 0.410 e. The van der Waals surface area contributed by atoms with Gasteiger partial charge in [0.25, 0.3) is 0 Å². The summed E-state index contributed by atoms with van der Waals surface area (Å²) in [7, 11) is 0. The van der Waals surface area contributed by atoms with E-state index in [1.54, 1.807) is 4.90 Å². The van der Waals surface area contributed by atoms with E-state index >= 15 is 0 Å². The van der Waals surface area contributed by atoms with E-state index in [0.717, 1.165) is 19.4 Å². The minimum atomic E-state index is -0.390. The summed E-state index contributed by atoms with van der Waals surface area (Å²) in [5.41, 5.74) is -0.390. The molecule has 0 aromatic heterocycles. The van der Waals surface area contributed by atoms with Crippen LogP contribution in [0.3, 0.4) is 0 Å². The second-order valence-corrected chi connectivity index (χ2v) is 4.40. The molecule has 0 aromatic rings. The molecule has 1 saturated heterocycles. The summed E-state index contributed by atoms with van der Waals surface area (Å²) >= 11 is 0. The Kier molecular flexibility index (Phi) is 2.84. The Hall–Kier alpha value is -0.730. The summed E-state index contributed by atoms with van der Waals surface area (Å²) in [5.74, 6) is 0. The normalized spacial score (nSPS) is 22.5. The first-order valence-corrected chi connectivity index (χ1v) is 4.73. The summed E-state index contributed by atoms with van der Waals surface area (Å²) in [6, 6.07) is 0.301. The Balaban J connectivity index is 2.40. The number of carbonyl (C=O) groups excluding carboxylic acids is 1. The van der Waals surface area contributed by atoms with Crippen LogP contribution in [0, 0.1) is 6.92 Å². The predicted octanol–water partition coefficient (Wildman–Crippen LogP) is 2.22. The first-order valence-electron chi connectivity index (χ1n) is 4.73. The molecular formula is C10H18NO2. The van der Waals surface area contributed by atoms with Crippen LogP contribution >= 0.6 is 0 Å². The molecule has 1 heterocycles. The lowest BCUT2D eigenvalue weighted by Crippen LogP contribution is -2.52. The van der Waals surface area contributed by atoms with Gasteiger partial charge < -0.3 is 9.64 Å². The number of carbonyl (C=O) groups is 1. The van der Waals surface area contributed by atoms with E-state index in [2.05, 4.69) is 6.92 Å². The lowest BCUT2D eigenvalue weighted by molar-refractivity contribution is -0.00465. The molecule has 13 heavy (non-hydrogen) atoms. The highest BCUT2D eigenvalue weighted by molar-refractivity contribution is 5.69. The van der Waals surface area contributed by atoms with Crippen molar-refractivity contribution in [3.8, 4) is 0 Å². The number of nitrogens with zero attached hydrogens (tertiary/aromatic N) is 1. The number of rotatable bonds is 1. The van der Waals surface area contributed by atoms with Crippen LogP contribution < -0.4 is 0 Å². The van der Waals surface area contributed by atoms with Crippen molar-refractivity contribution >= 4 is 6.09 Å². The molecule has 1 aliphatic heterocycles. The molecular weight excluding hydrogens is 166 g/mol. The zero-order valence-electron chi connectivity index (χ0n) is 8.67. The van der Waals surface area contributed by atoms with E-state index < -0.39 is 5.60 Å². The molecule has 0 aromatic carbocycles. The molecule has 1 amide bonds. The Morgan fingerprint density at radius 2 is 2.23 bits per heavy atom. The molecule has 0 spiro atoms. The van der Waals surface area contributed by atoms with Crippen molar-refractivity contribution in [2.24, 2.45) is 0 Å². The lowest BCUT2D eigenvalue weighted by atomic mass is 10.0. The van der Waals surface area contributed by atoms with Gasteiger partial charge in [0.2, 0.25) is 0 Å². The van der Waals surface area contributed by atoms with Crippen molar-refractivity contribution in [2.45, 2.75) is 45.3 Å². The average Bonchev–Trinajstić information content (AvgIpc) is 1.80. The highest BCUT2D eigenvalue weighted by Gasteiger charge is 2.33. The van der Waals surface area contributed by atoms with Crippen LogP contribution in [-0.4, -0.2) is 29.2 Å². The van der Waals surface area contributed by atoms with Gasteiger partial charge in [-0.2, -0.15) is 0 Å². The number of hydrogen-bond acceptors (Lipinski definition) is 2. The highest BCUT2D eigenvalue weighted by Crippen LogP contribution is 2.22. The first kappa shape index (κ1) is 10.4. The second kappa shape index (κ2) is 3.56. The largest absolute Gasteiger partial charge is 0.444 e. The summed E-state index contributed by atoms with van der Waals surface area (Å²) in [5, 5.41) is 0. The maximum atomic E-state index is 11.5. The van der Waals surface area contributed by atoms with Crippen LogP contribution in [0.5, 0.6) is 0 Å². The van der Waals surface area contributed by atoms with Gasteiger partial charge in [0.15, 0.2) is 0 Å². The second-order valence-electron chi connectivity index (χ2n) is 4.40. The van der Waals surface area contributed by atoms with Gasteiger partial charge >= 0.3 is 6.09 Å². The molecule has 0 aliphatic carbocycles. The standard InChI is InChI=1S/C10H18NO2/c1-5-8-6-7-11(8)9(12)13-10(2,3)4/h8H,1,5-7H2,2-4H3. The monoisotopic (exact) mass is 184 g/mol. The topological polar surface area (TPSA) is 29.5 Å². The zero-order chi connectivity index (χ0) is 10.1. The Labute approximate surface area is 80.1 Å². The third-order valence-electron chi connectivity index (χ3n) is 2.11. The molecule has 1 fully saturated rings. The lowest BCUT2D eigenvalue weighted by Gasteiger charge is -2.40. The third kappa shape index (κ3) is 2.61. The molecule has 3 heteroatoms. The van der Waals surface area contributed by atoms with Crippen molar-refractivity contribution in [3.05, 3.63) is 6.92 Å². The smallest absolute Gasteiger partial charge is 0.410 e. The molecule has 3 nitrogen and oxygen atoms in total. The zero-order valence-corrected chi connectivity index (χ0v) is 8.67. The fourth-order valence-corrected chi connectivity index (χ4v) is 1.30. The van der Waals surface area contributed by atoms with E-state index in [0.29, 0.717) is 6.04 Å². The highest BCUT2D eigenvalue weighted by atomic mass is 16.6. The van der Waals surface area contributed by atoms with Crippen LogP contribution in [0.15, 0.2) is 0 Å². The van der Waals surface area contributed by atoms with Gasteiger partial charge in [0.1, 0.15) is 5.60 Å². The molecule has 0 bridgehead atoms. The van der Waals surface area contributed by atoms with Crippen LogP contribution in [0.2, 0.25) is 0 Å². The fourth-order valence-electron chi connectivity index (χ4n) is 1.30. The molecule has 1 unspecified atom stereocenters. The third-order valence-corrected chi connectivity index (χ3v) is 2.11. The van der Waals surface area contributed by atoms with Gasteiger partial charge in [-0.25, -0.2) is 4.79 Å².